The van der Waals surface area contributed by atoms with Gasteiger partial charge in [-0.15, -0.1) is 0 Å². The number of aliphatic carboxylic acids is 1. The molecule has 3 aromatic carbocycles. The van der Waals surface area contributed by atoms with Crippen molar-refractivity contribution < 1.29 is 14.7 Å². The van der Waals surface area contributed by atoms with E-state index in [1.165, 1.54) is 0 Å². The molecule has 1 N–H and O–H groups in total. The minimum absolute atomic E-state index is 0.493. The Morgan fingerprint density at radius 2 is 1.52 bits per heavy atom. The first kappa shape index (κ1) is 18.2. The van der Waals surface area contributed by atoms with Crippen LogP contribution in [-0.2, 0) is 9.63 Å². The third-order valence-electron chi connectivity index (χ3n) is 4.06. The van der Waals surface area contributed by atoms with Crippen LogP contribution in [0.4, 0.5) is 11.4 Å². The van der Waals surface area contributed by atoms with Crippen LogP contribution in [0.25, 0.3) is 0 Å². The highest BCUT2D eigenvalue weighted by molar-refractivity contribution is 6.16. The molecule has 27 heavy (non-hydrogen) atoms. The Morgan fingerprint density at radius 3 is 2.19 bits per heavy atom. The first-order valence-corrected chi connectivity index (χ1v) is 8.52. The number of oxime groups is 1. The van der Waals surface area contributed by atoms with Crippen molar-refractivity contribution in [2.24, 2.45) is 5.16 Å². The van der Waals surface area contributed by atoms with E-state index in [4.69, 9.17) is 9.94 Å². The van der Waals surface area contributed by atoms with Crippen molar-refractivity contribution in [2.45, 2.75) is 0 Å². The zero-order valence-electron chi connectivity index (χ0n) is 14.9. The molecule has 5 nitrogen and oxygen atoms in total. The van der Waals surface area contributed by atoms with Gasteiger partial charge in [0, 0.05) is 23.9 Å². The summed E-state index contributed by atoms with van der Waals surface area (Å²) in [7, 11) is 1.98. The van der Waals surface area contributed by atoms with Crippen LogP contribution in [0.2, 0.25) is 0 Å². The van der Waals surface area contributed by atoms with Gasteiger partial charge in [-0.3, -0.25) is 0 Å². The maximum atomic E-state index is 10.8. The molecule has 0 amide bonds. The lowest BCUT2D eigenvalue weighted by Gasteiger charge is -2.23. The standard InChI is InChI=1S/C22H20N2O3/c1-24(18-12-6-3-7-13-18)20-15-9-8-14-19(20)22(23-27-16-21(25)26)17-10-4-2-5-11-17/h2-15H,16H2,1H3,(H,25,26)/b23-22+. The first-order chi connectivity index (χ1) is 13.2. The lowest BCUT2D eigenvalue weighted by molar-refractivity contribution is -0.142. The maximum absolute atomic E-state index is 10.8. The van der Waals surface area contributed by atoms with E-state index in [2.05, 4.69) is 10.1 Å². The fraction of sp³-hybridized carbons (Fsp3) is 0.0909. The molecule has 0 heterocycles. The minimum atomic E-state index is -1.07. The van der Waals surface area contributed by atoms with Crippen molar-refractivity contribution in [1.82, 2.24) is 0 Å². The van der Waals surface area contributed by atoms with Gasteiger partial charge in [-0.25, -0.2) is 4.79 Å². The second kappa shape index (κ2) is 8.67. The van der Waals surface area contributed by atoms with Crippen molar-refractivity contribution >= 4 is 23.1 Å². The molecule has 0 atom stereocenters. The summed E-state index contributed by atoms with van der Waals surface area (Å²) in [6.45, 7) is -0.493. The highest BCUT2D eigenvalue weighted by Gasteiger charge is 2.16. The van der Waals surface area contributed by atoms with Gasteiger partial charge in [0.1, 0.15) is 5.71 Å². The van der Waals surface area contributed by atoms with E-state index in [0.717, 1.165) is 22.5 Å². The number of hydrogen-bond acceptors (Lipinski definition) is 4. The summed E-state index contributed by atoms with van der Waals surface area (Å²) < 4.78 is 0. The lowest BCUT2D eigenvalue weighted by atomic mass is 10.00. The van der Waals surface area contributed by atoms with Gasteiger partial charge in [-0.1, -0.05) is 71.9 Å². The van der Waals surface area contributed by atoms with Crippen molar-refractivity contribution in [2.75, 3.05) is 18.6 Å². The molecule has 0 radical (unpaired) electrons. The fourth-order valence-corrected chi connectivity index (χ4v) is 2.76. The van der Waals surface area contributed by atoms with Crippen LogP contribution in [0.1, 0.15) is 11.1 Å². The Balaban J connectivity index is 2.06. The summed E-state index contributed by atoms with van der Waals surface area (Å²) in [5.41, 5.74) is 4.24. The van der Waals surface area contributed by atoms with Gasteiger partial charge in [0.2, 0.25) is 6.61 Å². The molecular weight excluding hydrogens is 340 g/mol. The predicted octanol–water partition coefficient (Wildman–Crippen LogP) is 4.31. The van der Waals surface area contributed by atoms with Crippen LogP contribution >= 0.6 is 0 Å². The summed E-state index contributed by atoms with van der Waals surface area (Å²) in [6, 6.07) is 27.4. The van der Waals surface area contributed by atoms with Gasteiger partial charge in [-0.2, -0.15) is 0 Å². The molecule has 0 aromatic heterocycles. The van der Waals surface area contributed by atoms with Crippen LogP contribution in [0.5, 0.6) is 0 Å². The molecule has 5 heteroatoms. The van der Waals surface area contributed by atoms with Gasteiger partial charge < -0.3 is 14.8 Å². The van der Waals surface area contributed by atoms with Crippen LogP contribution in [0, 0.1) is 0 Å². The lowest BCUT2D eigenvalue weighted by Crippen LogP contribution is -2.16. The van der Waals surface area contributed by atoms with E-state index in [1.807, 2.05) is 92.0 Å². The molecule has 3 aromatic rings. The Kier molecular flexibility index (Phi) is 5.84. The van der Waals surface area contributed by atoms with Gasteiger partial charge >= 0.3 is 5.97 Å². The van der Waals surface area contributed by atoms with Gasteiger partial charge in [0.05, 0.1) is 5.69 Å². The molecule has 136 valence electrons. The summed E-state index contributed by atoms with van der Waals surface area (Å²) in [5, 5.41) is 13.0. The van der Waals surface area contributed by atoms with Crippen molar-refractivity contribution in [3.8, 4) is 0 Å². The number of hydrogen-bond donors (Lipinski definition) is 1. The average molecular weight is 360 g/mol. The van der Waals surface area contributed by atoms with E-state index in [0.29, 0.717) is 5.71 Å². The minimum Gasteiger partial charge on any atom is -0.479 e. The van der Waals surface area contributed by atoms with Crippen LogP contribution in [0.15, 0.2) is 90.1 Å². The number of anilines is 2. The number of rotatable bonds is 7. The van der Waals surface area contributed by atoms with E-state index in [9.17, 15) is 4.79 Å². The SMILES string of the molecule is CN(c1ccccc1)c1ccccc1/C(=N/OCC(=O)O)c1ccccc1. The molecule has 0 unspecified atom stereocenters. The zero-order chi connectivity index (χ0) is 19.1. The van der Waals surface area contributed by atoms with E-state index < -0.39 is 12.6 Å². The van der Waals surface area contributed by atoms with Crippen LogP contribution < -0.4 is 4.90 Å². The Bertz CT molecular complexity index is 925. The number of benzene rings is 3. The molecule has 0 spiro atoms. The fourth-order valence-electron chi connectivity index (χ4n) is 2.76. The highest BCUT2D eigenvalue weighted by atomic mass is 16.6. The third-order valence-corrected chi connectivity index (χ3v) is 4.06. The molecular formula is C22H20N2O3. The van der Waals surface area contributed by atoms with Gasteiger partial charge in [0.25, 0.3) is 0 Å². The normalized spacial score (nSPS) is 11.1. The van der Waals surface area contributed by atoms with E-state index >= 15 is 0 Å². The molecule has 0 bridgehead atoms. The summed E-state index contributed by atoms with van der Waals surface area (Å²) >= 11 is 0. The van der Waals surface area contributed by atoms with Gasteiger partial charge in [-0.05, 0) is 18.2 Å². The highest BCUT2D eigenvalue weighted by Crippen LogP contribution is 2.29. The van der Waals surface area contributed by atoms with Crippen LogP contribution in [0.3, 0.4) is 0 Å². The molecule has 3 rings (SSSR count). The second-order valence-corrected chi connectivity index (χ2v) is 5.88. The maximum Gasteiger partial charge on any atom is 0.344 e. The Hall–Kier alpha value is -3.60. The second-order valence-electron chi connectivity index (χ2n) is 5.88. The number of para-hydroxylation sites is 2. The number of carboxylic acid groups (broad SMARTS) is 1. The number of carboxylic acids is 1. The van der Waals surface area contributed by atoms with E-state index in [-0.39, 0.29) is 0 Å². The Labute approximate surface area is 158 Å². The monoisotopic (exact) mass is 360 g/mol. The predicted molar refractivity (Wildman–Crippen MR) is 107 cm³/mol. The molecule has 0 aliphatic carbocycles. The molecule has 0 fully saturated rings. The topological polar surface area (TPSA) is 62.1 Å². The van der Waals surface area contributed by atoms with Crippen molar-refractivity contribution in [3.05, 3.63) is 96.1 Å². The number of carbonyl (C=O) groups is 1. The van der Waals surface area contributed by atoms with Gasteiger partial charge in [0.15, 0.2) is 0 Å². The average Bonchev–Trinajstić information content (AvgIpc) is 2.72. The molecule has 0 saturated heterocycles. The molecule has 0 aliphatic heterocycles. The van der Waals surface area contributed by atoms with Crippen LogP contribution in [-0.4, -0.2) is 30.4 Å². The summed E-state index contributed by atoms with van der Waals surface area (Å²) in [5.74, 6) is -1.07. The smallest absolute Gasteiger partial charge is 0.344 e. The first-order valence-electron chi connectivity index (χ1n) is 8.52. The zero-order valence-corrected chi connectivity index (χ0v) is 14.9. The third kappa shape index (κ3) is 4.52. The molecule has 0 saturated carbocycles. The number of nitrogens with zero attached hydrogens (tertiary/aromatic N) is 2. The van der Waals surface area contributed by atoms with Crippen molar-refractivity contribution in [3.63, 3.8) is 0 Å². The van der Waals surface area contributed by atoms with Crippen molar-refractivity contribution in [1.29, 1.82) is 0 Å². The summed E-state index contributed by atoms with van der Waals surface area (Å²) in [4.78, 5) is 17.9. The largest absolute Gasteiger partial charge is 0.479 e. The Morgan fingerprint density at radius 1 is 0.926 bits per heavy atom. The van der Waals surface area contributed by atoms with E-state index in [1.54, 1.807) is 0 Å². The quantitative estimate of drug-likeness (QED) is 0.504. The summed E-state index contributed by atoms with van der Waals surface area (Å²) in [6.07, 6.45) is 0. The molecule has 0 aliphatic rings.